The van der Waals surface area contributed by atoms with Crippen LogP contribution < -0.4 is 4.90 Å². The van der Waals surface area contributed by atoms with Crippen LogP contribution in [-0.2, 0) is 10.0 Å². The molecular formula is C23H21N5O4S2. The van der Waals surface area contributed by atoms with Crippen LogP contribution in [0.3, 0.4) is 0 Å². The molecule has 1 fully saturated rings. The van der Waals surface area contributed by atoms with E-state index in [0.717, 1.165) is 27.2 Å². The Hall–Kier alpha value is -3.41. The zero-order valence-electron chi connectivity index (χ0n) is 18.3. The number of nitrogens with zero attached hydrogens (tertiary/aromatic N) is 5. The van der Waals surface area contributed by atoms with Gasteiger partial charge in [-0.3, -0.25) is 10.1 Å². The molecule has 0 atom stereocenters. The second-order valence-electron chi connectivity index (χ2n) is 7.91. The number of sulfonamides is 1. The fourth-order valence-corrected chi connectivity index (χ4v) is 6.76. The predicted octanol–water partition coefficient (Wildman–Crippen LogP) is 4.09. The van der Waals surface area contributed by atoms with Crippen LogP contribution in [0, 0.1) is 17.0 Å². The molecule has 9 nitrogen and oxygen atoms in total. The zero-order valence-corrected chi connectivity index (χ0v) is 19.9. The third kappa shape index (κ3) is 3.91. The summed E-state index contributed by atoms with van der Waals surface area (Å²) < 4.78 is 27.7. The van der Waals surface area contributed by atoms with E-state index in [0.29, 0.717) is 18.9 Å². The van der Waals surface area contributed by atoms with Crippen LogP contribution in [0.15, 0.2) is 64.9 Å². The van der Waals surface area contributed by atoms with Gasteiger partial charge in [0.25, 0.3) is 5.69 Å². The Bertz CT molecular complexity index is 1480. The molecule has 1 saturated heterocycles. The van der Waals surface area contributed by atoms with Gasteiger partial charge in [0.15, 0.2) is 4.90 Å². The van der Waals surface area contributed by atoms with E-state index in [1.54, 1.807) is 11.3 Å². The summed E-state index contributed by atoms with van der Waals surface area (Å²) in [5, 5.41) is 14.4. The van der Waals surface area contributed by atoms with Crippen molar-refractivity contribution in [3.63, 3.8) is 0 Å². The summed E-state index contributed by atoms with van der Waals surface area (Å²) in [4.78, 5) is 22.7. The maximum atomic E-state index is 13.2. The fraction of sp³-hybridized carbons (Fsp3) is 0.217. The van der Waals surface area contributed by atoms with Gasteiger partial charge in [-0.05, 0) is 18.6 Å². The Labute approximate surface area is 200 Å². The number of nitro groups is 1. The first kappa shape index (κ1) is 22.4. The lowest BCUT2D eigenvalue weighted by Crippen LogP contribution is -2.49. The number of anilines is 1. The molecule has 1 aliphatic heterocycles. The molecule has 2 aromatic heterocycles. The van der Waals surface area contributed by atoms with Crippen LogP contribution in [0.2, 0.25) is 0 Å². The Morgan fingerprint density at radius 3 is 2.35 bits per heavy atom. The maximum Gasteiger partial charge on any atom is 0.289 e. The van der Waals surface area contributed by atoms with Gasteiger partial charge in [0.05, 0.1) is 10.3 Å². The SMILES string of the molecule is Cc1nc(N2CCN(S(=O)(=O)c3ccccc3[N+](=O)[O-])CC2)c2c(-c3ccccc3)csc2n1. The number of thiophene rings is 1. The molecule has 0 radical (unpaired) electrons. The van der Waals surface area contributed by atoms with Gasteiger partial charge < -0.3 is 4.90 Å². The smallest absolute Gasteiger partial charge is 0.289 e. The van der Waals surface area contributed by atoms with Crippen LogP contribution in [0.5, 0.6) is 0 Å². The summed E-state index contributed by atoms with van der Waals surface area (Å²) >= 11 is 1.56. The van der Waals surface area contributed by atoms with Crippen molar-refractivity contribution in [1.29, 1.82) is 0 Å². The third-order valence-electron chi connectivity index (χ3n) is 5.83. The average molecular weight is 496 g/mol. The Balaban J connectivity index is 1.46. The van der Waals surface area contributed by atoms with E-state index in [9.17, 15) is 18.5 Å². The van der Waals surface area contributed by atoms with Gasteiger partial charge in [0.2, 0.25) is 10.0 Å². The van der Waals surface area contributed by atoms with E-state index in [4.69, 9.17) is 4.98 Å². The molecule has 5 rings (SSSR count). The van der Waals surface area contributed by atoms with Crippen LogP contribution in [-0.4, -0.2) is 53.8 Å². The molecule has 4 aromatic rings. The minimum absolute atomic E-state index is 0.198. The van der Waals surface area contributed by atoms with Gasteiger partial charge in [-0.25, -0.2) is 18.4 Å². The second kappa shape index (κ2) is 8.75. The first-order valence-corrected chi connectivity index (χ1v) is 13.0. The van der Waals surface area contributed by atoms with E-state index in [2.05, 4.69) is 15.3 Å². The zero-order chi connectivity index (χ0) is 23.9. The normalized spacial score (nSPS) is 15.0. The van der Waals surface area contributed by atoms with E-state index < -0.39 is 20.6 Å². The van der Waals surface area contributed by atoms with Crippen LogP contribution in [0.4, 0.5) is 11.5 Å². The van der Waals surface area contributed by atoms with E-state index >= 15 is 0 Å². The number of hydrogen-bond donors (Lipinski definition) is 0. The molecule has 0 saturated carbocycles. The summed E-state index contributed by atoms with van der Waals surface area (Å²) in [5.41, 5.74) is 1.70. The van der Waals surface area contributed by atoms with Crippen LogP contribution in [0.1, 0.15) is 5.82 Å². The maximum absolute atomic E-state index is 13.2. The summed E-state index contributed by atoms with van der Waals surface area (Å²) in [6.45, 7) is 3.07. The average Bonchev–Trinajstić information content (AvgIpc) is 3.28. The standard InChI is InChI=1S/C23H21N5O4S2/c1-16-24-22(21-18(15-33-23(21)25-16)17-7-3-2-4-8-17)26-11-13-27(14-12-26)34(31,32)20-10-6-5-9-19(20)28(29)30/h2-10,15H,11-14H2,1H3. The largest absolute Gasteiger partial charge is 0.353 e. The lowest BCUT2D eigenvalue weighted by atomic mass is 10.1. The number of hydrogen-bond acceptors (Lipinski definition) is 8. The summed E-state index contributed by atoms with van der Waals surface area (Å²) in [6.07, 6.45) is 0. The van der Waals surface area contributed by atoms with Crippen molar-refractivity contribution in [2.24, 2.45) is 0 Å². The molecule has 0 aliphatic carbocycles. The minimum atomic E-state index is -4.00. The van der Waals surface area contributed by atoms with E-state index in [-0.39, 0.29) is 18.0 Å². The highest BCUT2D eigenvalue weighted by molar-refractivity contribution is 7.89. The summed E-state index contributed by atoms with van der Waals surface area (Å²) in [6, 6.07) is 15.5. The minimum Gasteiger partial charge on any atom is -0.353 e. The number of benzene rings is 2. The molecule has 11 heteroatoms. The van der Waals surface area contributed by atoms with Crippen molar-refractivity contribution in [3.05, 3.63) is 75.9 Å². The molecule has 2 aromatic carbocycles. The fourth-order valence-electron chi connectivity index (χ4n) is 4.19. The van der Waals surface area contributed by atoms with Crippen molar-refractivity contribution < 1.29 is 13.3 Å². The number of para-hydroxylation sites is 1. The summed E-state index contributed by atoms with van der Waals surface area (Å²) in [5.74, 6) is 1.43. The van der Waals surface area contributed by atoms with E-state index in [1.807, 2.05) is 37.3 Å². The highest BCUT2D eigenvalue weighted by Gasteiger charge is 2.34. The van der Waals surface area contributed by atoms with Gasteiger partial charge >= 0.3 is 0 Å². The number of piperazine rings is 1. The predicted molar refractivity (Wildman–Crippen MR) is 132 cm³/mol. The van der Waals surface area contributed by atoms with Gasteiger partial charge in [-0.1, -0.05) is 42.5 Å². The highest BCUT2D eigenvalue weighted by Crippen LogP contribution is 2.39. The van der Waals surface area contributed by atoms with Gasteiger partial charge in [0.1, 0.15) is 16.5 Å². The molecule has 34 heavy (non-hydrogen) atoms. The summed E-state index contributed by atoms with van der Waals surface area (Å²) in [7, 11) is -4.00. The Morgan fingerprint density at radius 1 is 0.971 bits per heavy atom. The number of fused-ring (bicyclic) bond motifs is 1. The van der Waals surface area contributed by atoms with Crippen molar-refractivity contribution >= 4 is 43.1 Å². The van der Waals surface area contributed by atoms with Crippen molar-refractivity contribution in [3.8, 4) is 11.1 Å². The lowest BCUT2D eigenvalue weighted by molar-refractivity contribution is -0.387. The molecule has 0 unspecified atom stereocenters. The molecule has 0 amide bonds. The lowest BCUT2D eigenvalue weighted by Gasteiger charge is -2.35. The topological polar surface area (TPSA) is 110 Å². The second-order valence-corrected chi connectivity index (χ2v) is 10.7. The van der Waals surface area contributed by atoms with Gasteiger partial charge in [-0.15, -0.1) is 11.3 Å². The first-order chi connectivity index (χ1) is 16.4. The Kier molecular flexibility index (Phi) is 5.76. The Morgan fingerprint density at radius 2 is 1.65 bits per heavy atom. The monoisotopic (exact) mass is 495 g/mol. The van der Waals surface area contributed by atoms with Crippen molar-refractivity contribution in [2.75, 3.05) is 31.1 Å². The quantitative estimate of drug-likeness (QED) is 0.303. The third-order valence-corrected chi connectivity index (χ3v) is 8.65. The van der Waals surface area contributed by atoms with Crippen LogP contribution >= 0.6 is 11.3 Å². The number of aromatic nitrogens is 2. The van der Waals surface area contributed by atoms with Crippen LogP contribution in [0.25, 0.3) is 21.3 Å². The molecule has 1 aliphatic rings. The van der Waals surface area contributed by atoms with E-state index in [1.165, 1.54) is 28.6 Å². The van der Waals surface area contributed by atoms with Crippen molar-refractivity contribution in [1.82, 2.24) is 14.3 Å². The van der Waals surface area contributed by atoms with Crippen molar-refractivity contribution in [2.45, 2.75) is 11.8 Å². The highest BCUT2D eigenvalue weighted by atomic mass is 32.2. The molecule has 0 spiro atoms. The number of rotatable bonds is 5. The molecule has 0 N–H and O–H groups in total. The molecule has 0 bridgehead atoms. The number of aryl methyl sites for hydroxylation is 1. The molecular weight excluding hydrogens is 474 g/mol. The van der Waals surface area contributed by atoms with Gasteiger partial charge in [0, 0.05) is 43.2 Å². The number of nitro benzene ring substituents is 1. The van der Waals surface area contributed by atoms with Gasteiger partial charge in [-0.2, -0.15) is 4.31 Å². The molecule has 3 heterocycles. The first-order valence-electron chi connectivity index (χ1n) is 10.7. The molecule has 174 valence electrons.